The van der Waals surface area contributed by atoms with E-state index in [0.29, 0.717) is 0 Å². The summed E-state index contributed by atoms with van der Waals surface area (Å²) in [4.78, 5) is 2.82. The highest BCUT2D eigenvalue weighted by atomic mass is 15.2. The van der Waals surface area contributed by atoms with Crippen LogP contribution in [0.25, 0.3) is 0 Å². The van der Waals surface area contributed by atoms with Gasteiger partial charge in [0.25, 0.3) is 0 Å². The largest absolute Gasteiger partial charge is 0.312 e. The van der Waals surface area contributed by atoms with E-state index in [1.54, 1.807) is 0 Å². The molecule has 2 rings (SSSR count). The van der Waals surface area contributed by atoms with Crippen molar-refractivity contribution in [2.75, 3.05) is 19.6 Å². The molecule has 1 N–H and O–H groups in total. The number of hydrogen-bond donors (Lipinski definition) is 1. The Morgan fingerprint density at radius 1 is 1.05 bits per heavy atom. The first-order chi connectivity index (χ1) is 9.37. The summed E-state index contributed by atoms with van der Waals surface area (Å²) in [5.74, 6) is 2.73. The minimum absolute atomic E-state index is 0.266. The van der Waals surface area contributed by atoms with Crippen LogP contribution in [0.3, 0.4) is 0 Å². The fourth-order valence-corrected chi connectivity index (χ4v) is 3.85. The number of nitrogens with one attached hydrogen (secondary N) is 1. The number of hydrogen-bond acceptors (Lipinski definition) is 2. The second-order valence-electron chi connectivity index (χ2n) is 8.51. The highest BCUT2D eigenvalue weighted by molar-refractivity contribution is 4.92. The molecule has 0 aromatic heterocycles. The Bertz CT molecular complexity index is 292. The van der Waals surface area contributed by atoms with Gasteiger partial charge in [-0.3, -0.25) is 0 Å². The second kappa shape index (κ2) is 6.79. The molecule has 0 aromatic rings. The van der Waals surface area contributed by atoms with E-state index in [0.717, 1.165) is 23.8 Å². The van der Waals surface area contributed by atoms with Crippen LogP contribution in [-0.4, -0.2) is 36.1 Å². The highest BCUT2D eigenvalue weighted by Crippen LogP contribution is 2.35. The van der Waals surface area contributed by atoms with Crippen molar-refractivity contribution in [3.8, 4) is 0 Å². The molecule has 3 unspecified atom stereocenters. The molecule has 2 aliphatic rings. The number of likely N-dealkylation sites (tertiary alicyclic amines) is 1. The second-order valence-corrected chi connectivity index (χ2v) is 8.51. The lowest BCUT2D eigenvalue weighted by Gasteiger charge is -2.45. The van der Waals surface area contributed by atoms with Crippen molar-refractivity contribution in [2.24, 2.45) is 17.8 Å². The van der Waals surface area contributed by atoms with Gasteiger partial charge in [0.1, 0.15) is 0 Å². The molecule has 20 heavy (non-hydrogen) atoms. The molecule has 1 saturated heterocycles. The van der Waals surface area contributed by atoms with Crippen LogP contribution in [0.2, 0.25) is 0 Å². The third-order valence-electron chi connectivity index (χ3n) is 5.49. The predicted molar refractivity (Wildman–Crippen MR) is 88.0 cm³/mol. The maximum atomic E-state index is 3.71. The van der Waals surface area contributed by atoms with E-state index < -0.39 is 0 Å². The van der Waals surface area contributed by atoms with Crippen LogP contribution in [0, 0.1) is 17.8 Å². The molecule has 1 heterocycles. The summed E-state index contributed by atoms with van der Waals surface area (Å²) in [5.41, 5.74) is 0.266. The first-order valence-corrected chi connectivity index (χ1v) is 8.86. The van der Waals surface area contributed by atoms with Crippen molar-refractivity contribution in [3.05, 3.63) is 0 Å². The first kappa shape index (κ1) is 16.3. The molecule has 0 radical (unpaired) electrons. The molecule has 118 valence electrons. The molecule has 2 nitrogen and oxygen atoms in total. The predicted octanol–water partition coefficient (Wildman–Crippen LogP) is 3.91. The van der Waals surface area contributed by atoms with Gasteiger partial charge in [-0.1, -0.05) is 13.8 Å². The average molecular weight is 281 g/mol. The lowest BCUT2D eigenvalue weighted by molar-refractivity contribution is 0.0596. The van der Waals surface area contributed by atoms with Crippen molar-refractivity contribution in [2.45, 2.75) is 78.3 Å². The molecule has 0 bridgehead atoms. The maximum absolute atomic E-state index is 3.71. The van der Waals surface area contributed by atoms with Gasteiger partial charge in [0, 0.05) is 11.6 Å². The smallest absolute Gasteiger partial charge is 0.0136 e. The Morgan fingerprint density at radius 3 is 2.35 bits per heavy atom. The van der Waals surface area contributed by atoms with Crippen molar-refractivity contribution in [1.82, 2.24) is 10.2 Å². The monoisotopic (exact) mass is 280 g/mol. The standard InChI is InChI=1S/C18H36N2/c1-14(2)15-7-6-11-20(12-10-15)17-9-8-16(17)13-19-18(3,4)5/h14-17,19H,6-13H2,1-5H3. The van der Waals surface area contributed by atoms with Crippen LogP contribution in [0.5, 0.6) is 0 Å². The van der Waals surface area contributed by atoms with Gasteiger partial charge in [0.2, 0.25) is 0 Å². The maximum Gasteiger partial charge on any atom is 0.0136 e. The van der Waals surface area contributed by atoms with Crippen molar-refractivity contribution in [3.63, 3.8) is 0 Å². The average Bonchev–Trinajstić information content (AvgIpc) is 2.52. The lowest BCUT2D eigenvalue weighted by Crippen LogP contribution is -2.53. The molecule has 1 saturated carbocycles. The minimum atomic E-state index is 0.266. The fourth-order valence-electron chi connectivity index (χ4n) is 3.85. The molecule has 2 fully saturated rings. The van der Waals surface area contributed by atoms with Crippen molar-refractivity contribution >= 4 is 0 Å². The Morgan fingerprint density at radius 2 is 1.80 bits per heavy atom. The van der Waals surface area contributed by atoms with Crippen molar-refractivity contribution in [1.29, 1.82) is 0 Å². The zero-order chi connectivity index (χ0) is 14.8. The number of rotatable bonds is 4. The van der Waals surface area contributed by atoms with Crippen LogP contribution in [0.1, 0.15) is 66.7 Å². The Kier molecular flexibility index (Phi) is 5.53. The van der Waals surface area contributed by atoms with Gasteiger partial charge in [0.05, 0.1) is 0 Å². The van der Waals surface area contributed by atoms with E-state index in [9.17, 15) is 0 Å². The Labute approximate surface area is 126 Å². The van der Waals surface area contributed by atoms with Crippen LogP contribution < -0.4 is 5.32 Å². The molecule has 0 aromatic carbocycles. The zero-order valence-electron chi connectivity index (χ0n) is 14.4. The van der Waals surface area contributed by atoms with Gasteiger partial charge in [-0.25, -0.2) is 0 Å². The van der Waals surface area contributed by atoms with E-state index in [1.807, 2.05) is 0 Å². The van der Waals surface area contributed by atoms with Gasteiger partial charge in [0.15, 0.2) is 0 Å². The minimum Gasteiger partial charge on any atom is -0.312 e. The quantitative estimate of drug-likeness (QED) is 0.840. The summed E-state index contributed by atoms with van der Waals surface area (Å²) in [6, 6.07) is 0.871. The molecule has 2 heteroatoms. The molecule has 1 aliphatic carbocycles. The van der Waals surface area contributed by atoms with Gasteiger partial charge in [-0.15, -0.1) is 0 Å². The van der Waals surface area contributed by atoms with E-state index in [2.05, 4.69) is 44.8 Å². The van der Waals surface area contributed by atoms with Gasteiger partial charge in [-0.2, -0.15) is 0 Å². The van der Waals surface area contributed by atoms with E-state index in [1.165, 1.54) is 51.7 Å². The summed E-state index contributed by atoms with van der Waals surface area (Å²) in [6.07, 6.45) is 7.15. The van der Waals surface area contributed by atoms with Crippen LogP contribution >= 0.6 is 0 Å². The third-order valence-corrected chi connectivity index (χ3v) is 5.49. The van der Waals surface area contributed by atoms with Gasteiger partial charge >= 0.3 is 0 Å². The topological polar surface area (TPSA) is 15.3 Å². The molecule has 0 spiro atoms. The lowest BCUT2D eigenvalue weighted by atomic mass is 9.78. The summed E-state index contributed by atoms with van der Waals surface area (Å²) in [6.45, 7) is 15.5. The van der Waals surface area contributed by atoms with Gasteiger partial charge < -0.3 is 10.2 Å². The summed E-state index contributed by atoms with van der Waals surface area (Å²) in [7, 11) is 0. The Hall–Kier alpha value is -0.0800. The van der Waals surface area contributed by atoms with E-state index in [-0.39, 0.29) is 5.54 Å². The molecular formula is C18H36N2. The first-order valence-electron chi connectivity index (χ1n) is 8.86. The fraction of sp³-hybridized carbons (Fsp3) is 1.00. The molecule has 3 atom stereocenters. The van der Waals surface area contributed by atoms with Crippen LogP contribution in [0.15, 0.2) is 0 Å². The van der Waals surface area contributed by atoms with Crippen molar-refractivity contribution < 1.29 is 0 Å². The highest BCUT2D eigenvalue weighted by Gasteiger charge is 2.36. The SMILES string of the molecule is CC(C)C1CCCN(C2CCC2CNC(C)(C)C)CC1. The van der Waals surface area contributed by atoms with Crippen LogP contribution in [0.4, 0.5) is 0 Å². The normalized spacial score (nSPS) is 33.0. The van der Waals surface area contributed by atoms with Gasteiger partial charge in [-0.05, 0) is 90.3 Å². The summed E-state index contributed by atoms with van der Waals surface area (Å²) in [5, 5.41) is 3.71. The molecular weight excluding hydrogens is 244 g/mol. The van der Waals surface area contributed by atoms with Crippen LogP contribution in [-0.2, 0) is 0 Å². The molecule has 0 amide bonds. The summed E-state index contributed by atoms with van der Waals surface area (Å²) < 4.78 is 0. The summed E-state index contributed by atoms with van der Waals surface area (Å²) >= 11 is 0. The zero-order valence-corrected chi connectivity index (χ0v) is 14.4. The third kappa shape index (κ3) is 4.46. The Balaban J connectivity index is 1.79. The van der Waals surface area contributed by atoms with E-state index in [4.69, 9.17) is 0 Å². The van der Waals surface area contributed by atoms with E-state index >= 15 is 0 Å². The number of nitrogens with zero attached hydrogens (tertiary/aromatic N) is 1. The molecule has 1 aliphatic heterocycles.